The molecule has 0 bridgehead atoms. The molecule has 3 aromatic rings. The first kappa shape index (κ1) is 13.3. The van der Waals surface area contributed by atoms with Gasteiger partial charge >= 0.3 is 0 Å². The van der Waals surface area contributed by atoms with Gasteiger partial charge in [0.1, 0.15) is 6.33 Å². The third-order valence-electron chi connectivity index (χ3n) is 3.61. The van der Waals surface area contributed by atoms with Crippen molar-refractivity contribution >= 4 is 5.69 Å². The number of hydrogen-bond acceptors (Lipinski definition) is 5. The van der Waals surface area contributed by atoms with Gasteiger partial charge in [-0.25, -0.2) is 0 Å². The van der Waals surface area contributed by atoms with Crippen molar-refractivity contribution in [2.75, 3.05) is 5.32 Å². The lowest BCUT2D eigenvalue weighted by Gasteiger charge is -2.11. The predicted octanol–water partition coefficient (Wildman–Crippen LogP) is 1.62. The molecule has 0 aliphatic heterocycles. The maximum Gasteiger partial charge on any atom is 0.143 e. The van der Waals surface area contributed by atoms with Gasteiger partial charge in [-0.1, -0.05) is 12.1 Å². The number of tetrazole rings is 1. The molecule has 1 aromatic carbocycles. The van der Waals surface area contributed by atoms with Crippen molar-refractivity contribution in [1.29, 1.82) is 0 Å². The lowest BCUT2D eigenvalue weighted by atomic mass is 10.2. The first-order valence-corrected chi connectivity index (χ1v) is 6.72. The van der Waals surface area contributed by atoms with Crippen LogP contribution in [0.15, 0.2) is 30.6 Å². The SMILES string of the molecule is Cc1nn(C)c(C)c1CNc1ccccc1-n1cnnn1. The topological polar surface area (TPSA) is 73.5 Å². The molecule has 0 aliphatic carbocycles. The summed E-state index contributed by atoms with van der Waals surface area (Å²) in [4.78, 5) is 0. The van der Waals surface area contributed by atoms with Gasteiger partial charge in [-0.2, -0.15) is 9.78 Å². The Balaban J connectivity index is 1.86. The Morgan fingerprint density at radius 3 is 2.67 bits per heavy atom. The Morgan fingerprint density at radius 2 is 2.00 bits per heavy atom. The highest BCUT2D eigenvalue weighted by Gasteiger charge is 2.10. The summed E-state index contributed by atoms with van der Waals surface area (Å²) in [7, 11) is 1.96. The Hall–Kier alpha value is -2.70. The molecule has 0 aliphatic rings. The fourth-order valence-corrected chi connectivity index (χ4v) is 2.35. The first-order valence-electron chi connectivity index (χ1n) is 6.72. The van der Waals surface area contributed by atoms with Crippen molar-refractivity contribution < 1.29 is 0 Å². The normalized spacial score (nSPS) is 10.8. The Labute approximate surface area is 122 Å². The molecule has 0 spiro atoms. The summed E-state index contributed by atoms with van der Waals surface area (Å²) in [5.41, 5.74) is 5.32. The molecule has 2 heterocycles. The van der Waals surface area contributed by atoms with Crippen molar-refractivity contribution in [3.8, 4) is 5.69 Å². The number of rotatable bonds is 4. The van der Waals surface area contributed by atoms with Gasteiger partial charge in [-0.15, -0.1) is 5.10 Å². The van der Waals surface area contributed by atoms with E-state index in [0.717, 1.165) is 17.1 Å². The second-order valence-electron chi connectivity index (χ2n) is 4.90. The summed E-state index contributed by atoms with van der Waals surface area (Å²) in [6, 6.07) is 7.93. The van der Waals surface area contributed by atoms with Crippen LogP contribution < -0.4 is 5.32 Å². The number of aryl methyl sites for hydroxylation is 2. The van der Waals surface area contributed by atoms with E-state index in [1.807, 2.05) is 42.9 Å². The van der Waals surface area contributed by atoms with Gasteiger partial charge < -0.3 is 5.32 Å². The number of nitrogens with zero attached hydrogens (tertiary/aromatic N) is 6. The average molecular weight is 283 g/mol. The van der Waals surface area contributed by atoms with E-state index in [1.165, 1.54) is 11.3 Å². The highest BCUT2D eigenvalue weighted by molar-refractivity contribution is 5.60. The van der Waals surface area contributed by atoms with E-state index in [9.17, 15) is 0 Å². The molecule has 0 unspecified atom stereocenters. The standard InChI is InChI=1S/C14H17N7/c1-10-12(11(2)20(3)17-10)8-15-13-6-4-5-7-14(13)21-9-16-18-19-21/h4-7,9,15H,8H2,1-3H3. The molecule has 0 fully saturated rings. The lowest BCUT2D eigenvalue weighted by Crippen LogP contribution is -2.06. The highest BCUT2D eigenvalue weighted by atomic mass is 15.5. The molecule has 21 heavy (non-hydrogen) atoms. The van der Waals surface area contributed by atoms with E-state index in [1.54, 1.807) is 11.0 Å². The van der Waals surface area contributed by atoms with Crippen LogP contribution in [0.5, 0.6) is 0 Å². The van der Waals surface area contributed by atoms with E-state index in [0.29, 0.717) is 6.54 Å². The maximum absolute atomic E-state index is 4.43. The Bertz CT molecular complexity index is 743. The van der Waals surface area contributed by atoms with Crippen LogP contribution in [0.4, 0.5) is 5.69 Å². The number of hydrogen-bond donors (Lipinski definition) is 1. The molecule has 2 aromatic heterocycles. The highest BCUT2D eigenvalue weighted by Crippen LogP contribution is 2.20. The van der Waals surface area contributed by atoms with Gasteiger partial charge in [0.25, 0.3) is 0 Å². The molecule has 1 N–H and O–H groups in total. The number of nitrogens with one attached hydrogen (secondary N) is 1. The van der Waals surface area contributed by atoms with Crippen molar-refractivity contribution in [1.82, 2.24) is 30.0 Å². The zero-order valence-electron chi connectivity index (χ0n) is 12.3. The molecule has 7 heteroatoms. The van der Waals surface area contributed by atoms with E-state index < -0.39 is 0 Å². The minimum atomic E-state index is 0.713. The zero-order chi connectivity index (χ0) is 14.8. The number of benzene rings is 1. The van der Waals surface area contributed by atoms with Gasteiger partial charge in [-0.05, 0) is 36.4 Å². The molecular formula is C14H17N7. The predicted molar refractivity (Wildman–Crippen MR) is 79.2 cm³/mol. The van der Waals surface area contributed by atoms with Crippen LogP contribution in [-0.4, -0.2) is 30.0 Å². The maximum atomic E-state index is 4.43. The zero-order valence-corrected chi connectivity index (χ0v) is 12.3. The Morgan fingerprint density at radius 1 is 1.19 bits per heavy atom. The van der Waals surface area contributed by atoms with Crippen LogP contribution in [0.25, 0.3) is 5.69 Å². The molecule has 0 saturated carbocycles. The van der Waals surface area contributed by atoms with Crippen molar-refractivity contribution in [2.45, 2.75) is 20.4 Å². The summed E-state index contributed by atoms with van der Waals surface area (Å²) >= 11 is 0. The van der Waals surface area contributed by atoms with Gasteiger partial charge in [0, 0.05) is 24.8 Å². The van der Waals surface area contributed by atoms with Crippen LogP contribution in [0.2, 0.25) is 0 Å². The van der Waals surface area contributed by atoms with Crippen LogP contribution in [0.1, 0.15) is 17.0 Å². The molecule has 0 saturated heterocycles. The number of aromatic nitrogens is 6. The minimum Gasteiger partial charge on any atom is -0.379 e. The van der Waals surface area contributed by atoms with Crippen molar-refractivity contribution in [3.63, 3.8) is 0 Å². The summed E-state index contributed by atoms with van der Waals surface area (Å²) < 4.78 is 3.55. The van der Waals surface area contributed by atoms with E-state index in [4.69, 9.17) is 0 Å². The third-order valence-corrected chi connectivity index (χ3v) is 3.61. The number of anilines is 1. The van der Waals surface area contributed by atoms with Gasteiger partial charge in [0.05, 0.1) is 17.1 Å². The van der Waals surface area contributed by atoms with Gasteiger partial charge in [0.2, 0.25) is 0 Å². The molecular weight excluding hydrogens is 266 g/mol. The Kier molecular flexibility index (Phi) is 3.39. The summed E-state index contributed by atoms with van der Waals surface area (Å²) in [6.07, 6.45) is 1.58. The second kappa shape index (κ2) is 5.35. The van der Waals surface area contributed by atoms with Gasteiger partial charge in [0.15, 0.2) is 0 Å². The van der Waals surface area contributed by atoms with Crippen LogP contribution >= 0.6 is 0 Å². The van der Waals surface area contributed by atoms with E-state index in [-0.39, 0.29) is 0 Å². The molecule has 108 valence electrons. The monoisotopic (exact) mass is 283 g/mol. The van der Waals surface area contributed by atoms with Gasteiger partial charge in [-0.3, -0.25) is 4.68 Å². The lowest BCUT2D eigenvalue weighted by molar-refractivity contribution is 0.730. The molecule has 0 radical (unpaired) electrons. The minimum absolute atomic E-state index is 0.713. The summed E-state index contributed by atoms with van der Waals surface area (Å²) in [6.45, 7) is 4.81. The quantitative estimate of drug-likeness (QED) is 0.787. The molecule has 0 amide bonds. The molecule has 0 atom stereocenters. The first-order chi connectivity index (χ1) is 10.2. The smallest absolute Gasteiger partial charge is 0.143 e. The number of para-hydroxylation sites is 2. The third kappa shape index (κ3) is 2.49. The summed E-state index contributed by atoms with van der Waals surface area (Å²) in [5.74, 6) is 0. The van der Waals surface area contributed by atoms with Crippen molar-refractivity contribution in [3.05, 3.63) is 47.5 Å². The van der Waals surface area contributed by atoms with Crippen LogP contribution in [-0.2, 0) is 13.6 Å². The molecule has 3 rings (SSSR count). The van der Waals surface area contributed by atoms with Crippen molar-refractivity contribution in [2.24, 2.45) is 7.05 Å². The van der Waals surface area contributed by atoms with Crippen LogP contribution in [0, 0.1) is 13.8 Å². The van der Waals surface area contributed by atoms with E-state index >= 15 is 0 Å². The van der Waals surface area contributed by atoms with Crippen LogP contribution in [0.3, 0.4) is 0 Å². The summed E-state index contributed by atoms with van der Waals surface area (Å²) in [5, 5.41) is 19.2. The average Bonchev–Trinajstić information content (AvgIpc) is 3.08. The fourth-order valence-electron chi connectivity index (χ4n) is 2.35. The largest absolute Gasteiger partial charge is 0.379 e. The van der Waals surface area contributed by atoms with E-state index in [2.05, 4.69) is 32.9 Å². The molecule has 7 nitrogen and oxygen atoms in total. The fraction of sp³-hybridized carbons (Fsp3) is 0.286. The second-order valence-corrected chi connectivity index (χ2v) is 4.90.